The molecule has 1 fully saturated rings. The zero-order valence-corrected chi connectivity index (χ0v) is 10.5. The van der Waals surface area contributed by atoms with Gasteiger partial charge in [0.05, 0.1) is 10.1 Å². The molecule has 2 rings (SSSR count). The molecule has 1 N–H and O–H groups in total. The monoisotopic (exact) mass is 290 g/mol. The third-order valence-corrected chi connectivity index (χ3v) is 3.74. The minimum atomic E-state index is -1.01. The van der Waals surface area contributed by atoms with Crippen molar-refractivity contribution >= 4 is 15.9 Å². The van der Waals surface area contributed by atoms with Gasteiger partial charge in [0.25, 0.3) is 0 Å². The largest absolute Gasteiger partial charge is 0.390 e. The van der Waals surface area contributed by atoms with Crippen LogP contribution in [0.5, 0.6) is 0 Å². The van der Waals surface area contributed by atoms with Crippen molar-refractivity contribution in [3.8, 4) is 0 Å². The topological polar surface area (TPSA) is 20.2 Å². The Labute approximate surface area is 102 Å². The van der Waals surface area contributed by atoms with Crippen molar-refractivity contribution < 1.29 is 13.9 Å². The van der Waals surface area contributed by atoms with E-state index < -0.39 is 17.2 Å². The highest BCUT2D eigenvalue weighted by atomic mass is 79.9. The van der Waals surface area contributed by atoms with Crippen LogP contribution in [0.4, 0.5) is 8.78 Å². The van der Waals surface area contributed by atoms with E-state index in [2.05, 4.69) is 15.9 Å². The Hall–Kier alpha value is -0.480. The SMILES string of the molecule is CC(O)(Cc1c(F)ccc(Br)c1F)C1CC1. The first-order chi connectivity index (χ1) is 7.42. The summed E-state index contributed by atoms with van der Waals surface area (Å²) in [6.45, 7) is 1.64. The molecule has 0 amide bonds. The molecule has 1 aliphatic carbocycles. The summed E-state index contributed by atoms with van der Waals surface area (Å²) in [5.41, 5.74) is -1.05. The lowest BCUT2D eigenvalue weighted by Gasteiger charge is -2.23. The van der Waals surface area contributed by atoms with Crippen molar-refractivity contribution in [2.45, 2.75) is 31.8 Å². The van der Waals surface area contributed by atoms with Crippen LogP contribution in [0.25, 0.3) is 0 Å². The minimum absolute atomic E-state index is 0.0226. The smallest absolute Gasteiger partial charge is 0.143 e. The quantitative estimate of drug-likeness (QED) is 0.846. The number of rotatable bonds is 3. The average Bonchev–Trinajstić information content (AvgIpc) is 3.02. The van der Waals surface area contributed by atoms with Crippen molar-refractivity contribution in [1.29, 1.82) is 0 Å². The summed E-state index contributed by atoms with van der Waals surface area (Å²) in [7, 11) is 0. The molecule has 0 radical (unpaired) electrons. The van der Waals surface area contributed by atoms with E-state index >= 15 is 0 Å². The molecule has 0 bridgehead atoms. The predicted molar refractivity (Wildman–Crippen MR) is 61.1 cm³/mol. The molecule has 0 saturated heterocycles. The van der Waals surface area contributed by atoms with Gasteiger partial charge in [-0.2, -0.15) is 0 Å². The zero-order valence-electron chi connectivity index (χ0n) is 8.93. The number of aliphatic hydroxyl groups is 1. The number of halogens is 3. The second-order valence-electron chi connectivity index (χ2n) is 4.63. The van der Waals surface area contributed by atoms with Gasteiger partial charge in [-0.05, 0) is 53.7 Å². The van der Waals surface area contributed by atoms with Crippen molar-refractivity contribution in [3.05, 3.63) is 33.8 Å². The maximum absolute atomic E-state index is 13.7. The minimum Gasteiger partial charge on any atom is -0.390 e. The highest BCUT2D eigenvalue weighted by Gasteiger charge is 2.40. The number of hydrogen-bond acceptors (Lipinski definition) is 1. The van der Waals surface area contributed by atoms with Crippen molar-refractivity contribution in [3.63, 3.8) is 0 Å². The number of hydrogen-bond donors (Lipinski definition) is 1. The molecule has 1 aromatic carbocycles. The first-order valence-corrected chi connectivity index (χ1v) is 6.06. The summed E-state index contributed by atoms with van der Waals surface area (Å²) in [5, 5.41) is 10.1. The Morgan fingerprint density at radius 3 is 2.62 bits per heavy atom. The molecule has 0 aromatic heterocycles. The van der Waals surface area contributed by atoms with Crippen molar-refractivity contribution in [2.24, 2.45) is 5.92 Å². The van der Waals surface area contributed by atoms with E-state index in [0.717, 1.165) is 12.8 Å². The van der Waals surface area contributed by atoms with Gasteiger partial charge in [0.15, 0.2) is 0 Å². The van der Waals surface area contributed by atoms with Gasteiger partial charge in [0.1, 0.15) is 11.6 Å². The van der Waals surface area contributed by atoms with E-state index in [1.807, 2.05) is 0 Å². The number of benzene rings is 1. The predicted octanol–water partition coefficient (Wildman–Crippen LogP) is 3.43. The molecule has 4 heteroatoms. The van der Waals surface area contributed by atoms with Crippen molar-refractivity contribution in [2.75, 3.05) is 0 Å². The van der Waals surface area contributed by atoms with Gasteiger partial charge in [-0.3, -0.25) is 0 Å². The molecule has 1 aromatic rings. The van der Waals surface area contributed by atoms with Gasteiger partial charge in [0.2, 0.25) is 0 Å². The van der Waals surface area contributed by atoms with E-state index in [1.54, 1.807) is 6.92 Å². The molecular formula is C12H13BrF2O. The summed E-state index contributed by atoms with van der Waals surface area (Å²) in [4.78, 5) is 0. The summed E-state index contributed by atoms with van der Waals surface area (Å²) in [6.07, 6.45) is 1.89. The summed E-state index contributed by atoms with van der Waals surface area (Å²) in [6, 6.07) is 2.55. The maximum Gasteiger partial charge on any atom is 0.143 e. The molecule has 0 spiro atoms. The van der Waals surface area contributed by atoms with Crippen LogP contribution in [0.2, 0.25) is 0 Å². The van der Waals surface area contributed by atoms with E-state index in [-0.39, 0.29) is 22.4 Å². The lowest BCUT2D eigenvalue weighted by atomic mass is 9.91. The molecule has 1 saturated carbocycles. The van der Waals surface area contributed by atoms with Crippen LogP contribution in [-0.2, 0) is 6.42 Å². The van der Waals surface area contributed by atoms with Crippen LogP contribution in [0.1, 0.15) is 25.3 Å². The third-order valence-electron chi connectivity index (χ3n) is 3.13. The normalized spacial score (nSPS) is 19.6. The van der Waals surface area contributed by atoms with Crippen LogP contribution in [0.3, 0.4) is 0 Å². The van der Waals surface area contributed by atoms with Crippen LogP contribution in [-0.4, -0.2) is 10.7 Å². The van der Waals surface area contributed by atoms with Crippen molar-refractivity contribution in [1.82, 2.24) is 0 Å². The zero-order chi connectivity index (χ0) is 11.9. The Kier molecular flexibility index (Phi) is 3.05. The van der Waals surface area contributed by atoms with Gasteiger partial charge in [-0.25, -0.2) is 8.78 Å². The first kappa shape index (κ1) is 12.0. The van der Waals surface area contributed by atoms with Gasteiger partial charge >= 0.3 is 0 Å². The molecule has 0 heterocycles. The molecule has 16 heavy (non-hydrogen) atoms. The Morgan fingerprint density at radius 1 is 1.44 bits per heavy atom. The summed E-state index contributed by atoms with van der Waals surface area (Å²) in [5.74, 6) is -1.03. The van der Waals surface area contributed by atoms with Gasteiger partial charge < -0.3 is 5.11 Å². The van der Waals surface area contributed by atoms with Crippen LogP contribution in [0, 0.1) is 17.6 Å². The molecule has 1 unspecified atom stereocenters. The standard InChI is InChI=1S/C12H13BrF2O/c1-12(16,7-2-3-7)6-8-10(14)5-4-9(13)11(8)15/h4-5,7,16H,2-3,6H2,1H3. The second-order valence-corrected chi connectivity index (χ2v) is 5.48. The van der Waals surface area contributed by atoms with Gasteiger partial charge in [0, 0.05) is 12.0 Å². The van der Waals surface area contributed by atoms with Gasteiger partial charge in [-0.15, -0.1) is 0 Å². The second kappa shape index (κ2) is 4.08. The first-order valence-electron chi connectivity index (χ1n) is 5.26. The lowest BCUT2D eigenvalue weighted by Crippen LogP contribution is -2.30. The average molecular weight is 291 g/mol. The lowest BCUT2D eigenvalue weighted by molar-refractivity contribution is 0.0354. The Balaban J connectivity index is 2.30. The Morgan fingerprint density at radius 2 is 2.06 bits per heavy atom. The molecule has 1 nitrogen and oxygen atoms in total. The summed E-state index contributed by atoms with van der Waals surface area (Å²) >= 11 is 3.02. The molecule has 1 aliphatic rings. The fourth-order valence-corrected chi connectivity index (χ4v) is 2.31. The van der Waals surface area contributed by atoms with E-state index in [1.165, 1.54) is 12.1 Å². The van der Waals surface area contributed by atoms with E-state index in [9.17, 15) is 13.9 Å². The molecule has 1 atom stereocenters. The third kappa shape index (κ3) is 2.28. The highest BCUT2D eigenvalue weighted by molar-refractivity contribution is 9.10. The fraction of sp³-hybridized carbons (Fsp3) is 0.500. The van der Waals surface area contributed by atoms with E-state index in [0.29, 0.717) is 0 Å². The fourth-order valence-electron chi connectivity index (χ4n) is 1.94. The molecule has 88 valence electrons. The van der Waals surface area contributed by atoms with Crippen LogP contribution >= 0.6 is 15.9 Å². The summed E-state index contributed by atoms with van der Waals surface area (Å²) < 4.78 is 27.4. The highest BCUT2D eigenvalue weighted by Crippen LogP contribution is 2.42. The van der Waals surface area contributed by atoms with Gasteiger partial charge in [-0.1, -0.05) is 0 Å². The van der Waals surface area contributed by atoms with Crippen LogP contribution in [0.15, 0.2) is 16.6 Å². The molecule has 0 aliphatic heterocycles. The Bertz CT molecular complexity index is 414. The van der Waals surface area contributed by atoms with Crippen LogP contribution < -0.4 is 0 Å². The van der Waals surface area contributed by atoms with E-state index in [4.69, 9.17) is 0 Å². The maximum atomic E-state index is 13.7. The molecular weight excluding hydrogens is 278 g/mol.